The predicted molar refractivity (Wildman–Crippen MR) is 71.6 cm³/mol. The molecule has 1 aliphatic rings. The summed E-state index contributed by atoms with van der Waals surface area (Å²) in [5.41, 5.74) is 1.06. The monoisotopic (exact) mass is 251 g/mol. The van der Waals surface area contributed by atoms with Crippen molar-refractivity contribution in [2.75, 3.05) is 38.8 Å². The van der Waals surface area contributed by atoms with Crippen molar-refractivity contribution in [3.63, 3.8) is 0 Å². The van der Waals surface area contributed by atoms with Gasteiger partial charge in [0.2, 0.25) is 0 Å². The van der Waals surface area contributed by atoms with Crippen LogP contribution >= 0.6 is 0 Å². The fourth-order valence-corrected chi connectivity index (χ4v) is 2.06. The van der Waals surface area contributed by atoms with Crippen LogP contribution in [0.15, 0.2) is 18.2 Å². The molecule has 0 aliphatic carbocycles. The third-order valence-electron chi connectivity index (χ3n) is 3.08. The van der Waals surface area contributed by atoms with Gasteiger partial charge in [-0.1, -0.05) is 0 Å². The molecule has 1 aromatic rings. The Kier molecular flexibility index (Phi) is 4.70. The molecule has 1 heterocycles. The second kappa shape index (κ2) is 6.50. The number of nitrogens with one attached hydrogen (secondary N) is 1. The first-order valence-corrected chi connectivity index (χ1v) is 6.46. The Morgan fingerprint density at radius 2 is 2.28 bits per heavy atom. The van der Waals surface area contributed by atoms with Crippen LogP contribution in [0.25, 0.3) is 0 Å². The lowest BCUT2D eigenvalue weighted by Gasteiger charge is -2.14. The van der Waals surface area contributed by atoms with E-state index in [1.165, 1.54) is 0 Å². The Hall–Kier alpha value is -1.42. The normalized spacial score (nSPS) is 18.7. The van der Waals surface area contributed by atoms with E-state index in [9.17, 15) is 0 Å². The average molecular weight is 251 g/mol. The van der Waals surface area contributed by atoms with Gasteiger partial charge in [0.1, 0.15) is 0 Å². The molecular weight excluding hydrogens is 230 g/mol. The van der Waals surface area contributed by atoms with Crippen LogP contribution in [0, 0.1) is 5.92 Å². The summed E-state index contributed by atoms with van der Waals surface area (Å²) >= 11 is 0. The van der Waals surface area contributed by atoms with Gasteiger partial charge >= 0.3 is 0 Å². The minimum Gasteiger partial charge on any atom is -0.493 e. The van der Waals surface area contributed by atoms with Gasteiger partial charge in [-0.3, -0.25) is 0 Å². The summed E-state index contributed by atoms with van der Waals surface area (Å²) in [4.78, 5) is 0. The number of anilines is 1. The molecule has 0 saturated carbocycles. The van der Waals surface area contributed by atoms with Gasteiger partial charge in [0.15, 0.2) is 11.5 Å². The largest absolute Gasteiger partial charge is 0.493 e. The third-order valence-corrected chi connectivity index (χ3v) is 3.08. The zero-order valence-corrected chi connectivity index (χ0v) is 11.1. The highest BCUT2D eigenvalue weighted by atomic mass is 16.5. The molecule has 4 nitrogen and oxygen atoms in total. The van der Waals surface area contributed by atoms with Crippen LogP contribution < -0.4 is 14.8 Å². The molecule has 1 saturated heterocycles. The highest BCUT2D eigenvalue weighted by molar-refractivity contribution is 5.54. The minimum absolute atomic E-state index is 0.614. The van der Waals surface area contributed by atoms with Gasteiger partial charge in [0.05, 0.1) is 20.3 Å². The number of hydrogen-bond acceptors (Lipinski definition) is 4. The van der Waals surface area contributed by atoms with Crippen LogP contribution in [0.2, 0.25) is 0 Å². The molecule has 1 fully saturated rings. The molecule has 0 radical (unpaired) electrons. The van der Waals surface area contributed by atoms with Gasteiger partial charge in [-0.2, -0.15) is 0 Å². The van der Waals surface area contributed by atoms with Crippen LogP contribution in [0.3, 0.4) is 0 Å². The van der Waals surface area contributed by atoms with Crippen molar-refractivity contribution in [1.82, 2.24) is 0 Å². The van der Waals surface area contributed by atoms with E-state index in [0.29, 0.717) is 12.5 Å². The van der Waals surface area contributed by atoms with Crippen LogP contribution in [0.4, 0.5) is 5.69 Å². The molecule has 100 valence electrons. The highest BCUT2D eigenvalue weighted by Gasteiger charge is 2.15. The number of hydrogen-bond donors (Lipinski definition) is 1. The number of methoxy groups -OCH3 is 1. The van der Waals surface area contributed by atoms with Crippen molar-refractivity contribution in [3.05, 3.63) is 18.2 Å². The molecule has 4 heteroatoms. The van der Waals surface area contributed by atoms with Gasteiger partial charge in [-0.15, -0.1) is 0 Å². The minimum atomic E-state index is 0.614. The molecule has 1 aromatic carbocycles. The molecule has 0 spiro atoms. The number of ether oxygens (including phenoxy) is 3. The molecule has 2 rings (SSSR count). The first kappa shape index (κ1) is 13.0. The Balaban J connectivity index is 1.96. The zero-order chi connectivity index (χ0) is 12.8. The van der Waals surface area contributed by atoms with E-state index >= 15 is 0 Å². The van der Waals surface area contributed by atoms with Crippen molar-refractivity contribution in [3.8, 4) is 11.5 Å². The molecule has 18 heavy (non-hydrogen) atoms. The van der Waals surface area contributed by atoms with E-state index in [-0.39, 0.29) is 0 Å². The topological polar surface area (TPSA) is 39.7 Å². The molecule has 1 atom stereocenters. The van der Waals surface area contributed by atoms with Crippen molar-refractivity contribution >= 4 is 5.69 Å². The smallest absolute Gasteiger partial charge is 0.163 e. The molecule has 0 aromatic heterocycles. The molecule has 1 unspecified atom stereocenters. The average Bonchev–Trinajstić information content (AvgIpc) is 2.90. The van der Waals surface area contributed by atoms with E-state index in [1.54, 1.807) is 7.11 Å². The number of benzene rings is 1. The van der Waals surface area contributed by atoms with E-state index in [1.807, 2.05) is 25.1 Å². The van der Waals surface area contributed by atoms with E-state index in [2.05, 4.69) is 5.32 Å². The van der Waals surface area contributed by atoms with Crippen LogP contribution in [-0.4, -0.2) is 33.5 Å². The zero-order valence-electron chi connectivity index (χ0n) is 11.1. The van der Waals surface area contributed by atoms with Gasteiger partial charge in [-0.05, 0) is 25.5 Å². The lowest BCUT2D eigenvalue weighted by Crippen LogP contribution is -2.14. The van der Waals surface area contributed by atoms with Crippen molar-refractivity contribution in [2.24, 2.45) is 5.92 Å². The van der Waals surface area contributed by atoms with E-state index < -0.39 is 0 Å². The Morgan fingerprint density at radius 1 is 1.39 bits per heavy atom. The standard InChI is InChI=1S/C14H21NO3/c1-3-18-14-8-12(4-5-13(14)16-2)15-9-11-6-7-17-10-11/h4-5,8,11,15H,3,6-7,9-10H2,1-2H3. The summed E-state index contributed by atoms with van der Waals surface area (Å²) in [7, 11) is 1.65. The SMILES string of the molecule is CCOc1cc(NCC2CCOC2)ccc1OC. The summed E-state index contributed by atoms with van der Waals surface area (Å²) < 4.78 is 16.2. The summed E-state index contributed by atoms with van der Waals surface area (Å²) in [6.07, 6.45) is 1.14. The van der Waals surface area contributed by atoms with E-state index in [0.717, 1.165) is 43.4 Å². The highest BCUT2D eigenvalue weighted by Crippen LogP contribution is 2.30. The lowest BCUT2D eigenvalue weighted by molar-refractivity contribution is 0.187. The van der Waals surface area contributed by atoms with Gasteiger partial charge in [-0.25, -0.2) is 0 Å². The van der Waals surface area contributed by atoms with E-state index in [4.69, 9.17) is 14.2 Å². The van der Waals surface area contributed by atoms with Crippen molar-refractivity contribution in [1.29, 1.82) is 0 Å². The van der Waals surface area contributed by atoms with Gasteiger partial charge < -0.3 is 19.5 Å². The van der Waals surface area contributed by atoms with Crippen molar-refractivity contribution in [2.45, 2.75) is 13.3 Å². The van der Waals surface area contributed by atoms with Gasteiger partial charge in [0, 0.05) is 30.8 Å². The van der Waals surface area contributed by atoms with Crippen molar-refractivity contribution < 1.29 is 14.2 Å². The summed E-state index contributed by atoms with van der Waals surface area (Å²) in [5, 5.41) is 3.42. The summed E-state index contributed by atoms with van der Waals surface area (Å²) in [5.74, 6) is 2.17. The molecule has 0 amide bonds. The molecular formula is C14H21NO3. The molecule has 1 N–H and O–H groups in total. The van der Waals surface area contributed by atoms with Crippen LogP contribution in [0.1, 0.15) is 13.3 Å². The second-order valence-corrected chi connectivity index (χ2v) is 4.41. The first-order chi connectivity index (χ1) is 8.83. The predicted octanol–water partition coefficient (Wildman–Crippen LogP) is 2.54. The molecule has 1 aliphatic heterocycles. The third kappa shape index (κ3) is 3.29. The Morgan fingerprint density at radius 3 is 2.94 bits per heavy atom. The Labute approximate surface area is 108 Å². The van der Waals surface area contributed by atoms with Crippen LogP contribution in [-0.2, 0) is 4.74 Å². The maximum absolute atomic E-state index is 5.55. The fraction of sp³-hybridized carbons (Fsp3) is 0.571. The maximum atomic E-state index is 5.55. The maximum Gasteiger partial charge on any atom is 0.163 e. The summed E-state index contributed by atoms with van der Waals surface area (Å²) in [6, 6.07) is 5.92. The van der Waals surface area contributed by atoms with Crippen LogP contribution in [0.5, 0.6) is 11.5 Å². The second-order valence-electron chi connectivity index (χ2n) is 4.41. The number of rotatable bonds is 6. The lowest BCUT2D eigenvalue weighted by atomic mass is 10.1. The quantitative estimate of drug-likeness (QED) is 0.843. The molecule has 0 bridgehead atoms. The fourth-order valence-electron chi connectivity index (χ4n) is 2.06. The Bertz CT molecular complexity index is 375. The summed E-state index contributed by atoms with van der Waals surface area (Å²) in [6.45, 7) is 5.30. The first-order valence-electron chi connectivity index (χ1n) is 6.46. The van der Waals surface area contributed by atoms with Gasteiger partial charge in [0.25, 0.3) is 0 Å².